The molecule has 3 rings (SSSR count). The molecule has 0 aliphatic heterocycles. The molecule has 2 amide bonds. The number of ether oxygens (including phenoxy) is 2. The molecule has 2 aromatic rings. The van der Waals surface area contributed by atoms with Gasteiger partial charge in [0.15, 0.2) is 11.6 Å². The van der Waals surface area contributed by atoms with Crippen LogP contribution in [-0.4, -0.2) is 36.5 Å². The van der Waals surface area contributed by atoms with E-state index in [0.717, 1.165) is 12.8 Å². The Morgan fingerprint density at radius 3 is 2.46 bits per heavy atom. The topological polar surface area (TPSA) is 97.4 Å². The van der Waals surface area contributed by atoms with E-state index in [1.165, 1.54) is 0 Å². The summed E-state index contributed by atoms with van der Waals surface area (Å²) >= 11 is 0. The molecule has 1 fully saturated rings. The fraction of sp³-hybridized carbons (Fsp3) is 0.312. The van der Waals surface area contributed by atoms with E-state index >= 15 is 0 Å². The van der Waals surface area contributed by atoms with Crippen molar-refractivity contribution in [1.82, 2.24) is 15.5 Å². The zero-order valence-corrected chi connectivity index (χ0v) is 13.5. The molecule has 1 aromatic carbocycles. The van der Waals surface area contributed by atoms with Gasteiger partial charge in [-0.25, -0.2) is 4.79 Å². The van der Waals surface area contributed by atoms with Gasteiger partial charge >= 0.3 is 6.03 Å². The van der Waals surface area contributed by atoms with Crippen LogP contribution in [0.2, 0.25) is 0 Å². The molecule has 1 aliphatic carbocycles. The summed E-state index contributed by atoms with van der Waals surface area (Å²) in [7, 11) is 3.18. The fourth-order valence-corrected chi connectivity index (χ4v) is 2.08. The Morgan fingerprint density at radius 2 is 1.83 bits per heavy atom. The maximum Gasteiger partial charge on any atom is 0.320 e. The molecule has 0 atom stereocenters. The van der Waals surface area contributed by atoms with Crippen LogP contribution in [0.25, 0.3) is 0 Å². The molecule has 0 unspecified atom stereocenters. The number of methoxy groups -OCH3 is 2. The highest BCUT2D eigenvalue weighted by molar-refractivity contribution is 5.88. The number of carbonyl (C=O) groups is 1. The average molecular weight is 329 g/mol. The van der Waals surface area contributed by atoms with Gasteiger partial charge in [-0.3, -0.25) is 5.32 Å². The summed E-state index contributed by atoms with van der Waals surface area (Å²) in [5.41, 5.74) is 0.707. The number of nitrogens with one attached hydrogen (secondary N) is 3. The van der Waals surface area contributed by atoms with Crippen LogP contribution in [0, 0.1) is 0 Å². The minimum atomic E-state index is -0.262. The first-order valence-corrected chi connectivity index (χ1v) is 7.58. The molecule has 8 nitrogen and oxygen atoms in total. The maximum atomic E-state index is 11.7. The van der Waals surface area contributed by atoms with Crippen molar-refractivity contribution in [1.29, 1.82) is 0 Å². The Kier molecular flexibility index (Phi) is 4.64. The van der Waals surface area contributed by atoms with Gasteiger partial charge < -0.3 is 20.1 Å². The van der Waals surface area contributed by atoms with Gasteiger partial charge in [-0.15, -0.1) is 10.2 Å². The normalized spacial score (nSPS) is 13.1. The predicted molar refractivity (Wildman–Crippen MR) is 90.0 cm³/mol. The van der Waals surface area contributed by atoms with Crippen molar-refractivity contribution in [3.8, 4) is 11.5 Å². The Bertz CT molecular complexity index is 716. The van der Waals surface area contributed by atoms with Crippen molar-refractivity contribution in [2.24, 2.45) is 0 Å². The SMILES string of the molecule is COc1ccc(OC)c(Nc2ccc(NC(=O)NC3CC3)nn2)c1. The van der Waals surface area contributed by atoms with E-state index < -0.39 is 0 Å². The minimum Gasteiger partial charge on any atom is -0.497 e. The first-order valence-electron chi connectivity index (χ1n) is 7.58. The smallest absolute Gasteiger partial charge is 0.320 e. The van der Waals surface area contributed by atoms with Gasteiger partial charge in [-0.1, -0.05) is 0 Å². The largest absolute Gasteiger partial charge is 0.497 e. The van der Waals surface area contributed by atoms with Gasteiger partial charge in [0.1, 0.15) is 11.5 Å². The molecular formula is C16H19N5O3. The van der Waals surface area contributed by atoms with Crippen molar-refractivity contribution in [2.45, 2.75) is 18.9 Å². The predicted octanol–water partition coefficient (Wildman–Crippen LogP) is 2.52. The highest BCUT2D eigenvalue weighted by Crippen LogP contribution is 2.30. The van der Waals surface area contributed by atoms with Crippen LogP contribution < -0.4 is 25.4 Å². The highest BCUT2D eigenvalue weighted by atomic mass is 16.5. The van der Waals surface area contributed by atoms with Gasteiger partial charge in [0.25, 0.3) is 0 Å². The molecule has 1 saturated carbocycles. The van der Waals surface area contributed by atoms with Crippen molar-refractivity contribution >= 4 is 23.4 Å². The molecular weight excluding hydrogens is 310 g/mol. The van der Waals surface area contributed by atoms with Crippen LogP contribution in [-0.2, 0) is 0 Å². The Labute approximate surface area is 139 Å². The van der Waals surface area contributed by atoms with Crippen LogP contribution in [0.3, 0.4) is 0 Å². The van der Waals surface area contributed by atoms with E-state index in [1.54, 1.807) is 44.6 Å². The summed E-state index contributed by atoms with van der Waals surface area (Å²) in [4.78, 5) is 11.7. The molecule has 24 heavy (non-hydrogen) atoms. The zero-order valence-electron chi connectivity index (χ0n) is 13.5. The third kappa shape index (κ3) is 4.03. The van der Waals surface area contributed by atoms with Crippen LogP contribution in [0.4, 0.5) is 22.1 Å². The molecule has 0 saturated heterocycles. The molecule has 1 heterocycles. The molecule has 0 radical (unpaired) electrons. The highest BCUT2D eigenvalue weighted by Gasteiger charge is 2.23. The quantitative estimate of drug-likeness (QED) is 0.753. The molecule has 126 valence electrons. The number of nitrogens with zero attached hydrogens (tertiary/aromatic N) is 2. The summed E-state index contributed by atoms with van der Waals surface area (Å²) in [6.07, 6.45) is 2.06. The van der Waals surface area contributed by atoms with E-state index in [2.05, 4.69) is 26.1 Å². The summed E-state index contributed by atoms with van der Waals surface area (Å²) in [5.74, 6) is 2.26. The first-order chi connectivity index (χ1) is 11.7. The number of aromatic nitrogens is 2. The molecule has 1 aromatic heterocycles. The number of hydrogen-bond acceptors (Lipinski definition) is 6. The lowest BCUT2D eigenvalue weighted by Crippen LogP contribution is -2.30. The van der Waals surface area contributed by atoms with Gasteiger partial charge in [-0.05, 0) is 37.1 Å². The number of amides is 2. The van der Waals surface area contributed by atoms with Crippen molar-refractivity contribution in [2.75, 3.05) is 24.9 Å². The number of urea groups is 1. The fourth-order valence-electron chi connectivity index (χ4n) is 2.08. The van der Waals surface area contributed by atoms with Gasteiger partial charge in [0, 0.05) is 12.1 Å². The van der Waals surface area contributed by atoms with Gasteiger partial charge in [0.2, 0.25) is 0 Å². The van der Waals surface area contributed by atoms with E-state index in [0.29, 0.717) is 34.9 Å². The third-order valence-corrected chi connectivity index (χ3v) is 3.49. The second-order valence-corrected chi connectivity index (χ2v) is 5.37. The Hall–Kier alpha value is -3.03. The van der Waals surface area contributed by atoms with Crippen LogP contribution >= 0.6 is 0 Å². The lowest BCUT2D eigenvalue weighted by Gasteiger charge is -2.12. The monoisotopic (exact) mass is 329 g/mol. The van der Waals surface area contributed by atoms with Gasteiger partial charge in [0.05, 0.1) is 19.9 Å². The van der Waals surface area contributed by atoms with E-state index in [9.17, 15) is 4.79 Å². The van der Waals surface area contributed by atoms with E-state index in [4.69, 9.17) is 9.47 Å². The second-order valence-electron chi connectivity index (χ2n) is 5.37. The standard InChI is InChI=1S/C16H19N5O3/c1-23-11-5-6-13(24-2)12(9-11)18-14-7-8-15(21-20-14)19-16(22)17-10-3-4-10/h5-10H,3-4H2,1-2H3,(H,18,20)(H2,17,19,21,22). The van der Waals surface area contributed by atoms with E-state index in [1.807, 2.05) is 0 Å². The van der Waals surface area contributed by atoms with Crippen LogP contribution in [0.5, 0.6) is 11.5 Å². The number of anilines is 3. The average Bonchev–Trinajstić information content (AvgIpc) is 3.40. The van der Waals surface area contributed by atoms with Crippen LogP contribution in [0.1, 0.15) is 12.8 Å². The summed E-state index contributed by atoms with van der Waals surface area (Å²) in [6.45, 7) is 0. The third-order valence-electron chi connectivity index (χ3n) is 3.49. The number of benzene rings is 1. The first kappa shape index (κ1) is 15.9. The molecule has 8 heteroatoms. The Balaban J connectivity index is 1.66. The number of carbonyl (C=O) groups excluding carboxylic acids is 1. The van der Waals surface area contributed by atoms with Gasteiger partial charge in [-0.2, -0.15) is 0 Å². The van der Waals surface area contributed by atoms with E-state index in [-0.39, 0.29) is 6.03 Å². The summed E-state index contributed by atoms with van der Waals surface area (Å²) in [6, 6.07) is 8.83. The maximum absolute atomic E-state index is 11.7. The molecule has 1 aliphatic rings. The summed E-state index contributed by atoms with van der Waals surface area (Å²) in [5, 5.41) is 16.6. The molecule has 3 N–H and O–H groups in total. The number of rotatable bonds is 6. The zero-order chi connectivity index (χ0) is 16.9. The lowest BCUT2D eigenvalue weighted by atomic mass is 10.2. The van der Waals surface area contributed by atoms with Crippen molar-refractivity contribution < 1.29 is 14.3 Å². The lowest BCUT2D eigenvalue weighted by molar-refractivity contribution is 0.251. The molecule has 0 spiro atoms. The minimum absolute atomic E-state index is 0.262. The van der Waals surface area contributed by atoms with Crippen molar-refractivity contribution in [3.05, 3.63) is 30.3 Å². The van der Waals surface area contributed by atoms with Crippen molar-refractivity contribution in [3.63, 3.8) is 0 Å². The summed E-state index contributed by atoms with van der Waals surface area (Å²) < 4.78 is 10.5. The Morgan fingerprint density at radius 1 is 1.08 bits per heavy atom. The molecule has 0 bridgehead atoms. The number of hydrogen-bond donors (Lipinski definition) is 3. The van der Waals surface area contributed by atoms with Crippen LogP contribution in [0.15, 0.2) is 30.3 Å². The second kappa shape index (κ2) is 7.03.